The molecule has 0 radical (unpaired) electrons. The monoisotopic (exact) mass is 352 g/mol. The second kappa shape index (κ2) is 7.65. The molecule has 0 bridgehead atoms. The highest BCUT2D eigenvalue weighted by atomic mass is 16.6. The van der Waals surface area contributed by atoms with E-state index in [2.05, 4.69) is 0 Å². The molecule has 0 aliphatic heterocycles. The topological polar surface area (TPSA) is 82.8 Å². The lowest BCUT2D eigenvalue weighted by atomic mass is 10.00. The van der Waals surface area contributed by atoms with Crippen molar-refractivity contribution in [1.82, 2.24) is 0 Å². The Hall–Kier alpha value is -3.41. The predicted octanol–water partition coefficient (Wildman–Crippen LogP) is 2.97. The van der Waals surface area contributed by atoms with E-state index in [1.807, 2.05) is 0 Å². The van der Waals surface area contributed by atoms with Gasteiger partial charge in [0.2, 0.25) is 5.78 Å². The summed E-state index contributed by atoms with van der Waals surface area (Å²) >= 11 is 0. The quantitative estimate of drug-likeness (QED) is 0.385. The van der Waals surface area contributed by atoms with Crippen LogP contribution in [-0.4, -0.2) is 25.0 Å². The molecule has 0 unspecified atom stereocenters. The van der Waals surface area contributed by atoms with Gasteiger partial charge < -0.3 is 13.9 Å². The Kier molecular flexibility index (Phi) is 5.12. The number of hydrogen-bond donors (Lipinski definition) is 0. The first-order valence-electron chi connectivity index (χ1n) is 8.05. The average Bonchev–Trinajstić information content (AvgIpc) is 2.66. The minimum Gasteiger partial charge on any atom is -0.481 e. The lowest BCUT2D eigenvalue weighted by molar-refractivity contribution is -0.145. The van der Waals surface area contributed by atoms with E-state index in [0.717, 1.165) is 0 Å². The van der Waals surface area contributed by atoms with Gasteiger partial charge >= 0.3 is 11.6 Å². The number of hydrogen-bond acceptors (Lipinski definition) is 6. The molecule has 3 rings (SSSR count). The van der Waals surface area contributed by atoms with Crippen molar-refractivity contribution in [1.29, 1.82) is 0 Å². The van der Waals surface area contributed by atoms with Crippen LogP contribution in [0.2, 0.25) is 0 Å². The summed E-state index contributed by atoms with van der Waals surface area (Å²) in [4.78, 5) is 36.2. The van der Waals surface area contributed by atoms with Gasteiger partial charge in [0.15, 0.2) is 12.2 Å². The van der Waals surface area contributed by atoms with E-state index in [-0.39, 0.29) is 35.9 Å². The molecular formula is C20H16O6. The normalized spacial score (nSPS) is 10.5. The molecule has 0 aliphatic carbocycles. The van der Waals surface area contributed by atoms with Crippen LogP contribution in [0.4, 0.5) is 0 Å². The standard InChI is InChI=1S/C20H16O6/c1-2-24-17(22)12-25-15-10-8-14-9-11-16(21)26-20(14)18(15)19(23)13-6-4-3-5-7-13/h3-11H,2,12H2,1H3. The summed E-state index contributed by atoms with van der Waals surface area (Å²) in [5, 5.41) is 0.576. The van der Waals surface area contributed by atoms with E-state index in [1.165, 1.54) is 6.07 Å². The first kappa shape index (κ1) is 17.4. The van der Waals surface area contributed by atoms with Crippen molar-refractivity contribution in [2.45, 2.75) is 6.92 Å². The molecule has 0 saturated carbocycles. The zero-order valence-corrected chi connectivity index (χ0v) is 14.1. The Bertz CT molecular complexity index is 1000. The molecule has 26 heavy (non-hydrogen) atoms. The van der Waals surface area contributed by atoms with E-state index in [4.69, 9.17) is 13.9 Å². The molecule has 1 heterocycles. The van der Waals surface area contributed by atoms with Crippen molar-refractivity contribution in [2.75, 3.05) is 13.2 Å². The molecule has 6 nitrogen and oxygen atoms in total. The van der Waals surface area contributed by atoms with Gasteiger partial charge in [-0.3, -0.25) is 4.79 Å². The van der Waals surface area contributed by atoms with Crippen molar-refractivity contribution >= 4 is 22.7 Å². The maximum Gasteiger partial charge on any atom is 0.344 e. The predicted molar refractivity (Wildman–Crippen MR) is 94.5 cm³/mol. The fourth-order valence-electron chi connectivity index (χ4n) is 2.52. The van der Waals surface area contributed by atoms with Gasteiger partial charge in [-0.2, -0.15) is 0 Å². The molecule has 1 aromatic heterocycles. The van der Waals surface area contributed by atoms with Gasteiger partial charge in [-0.05, 0) is 25.1 Å². The molecule has 0 saturated heterocycles. The summed E-state index contributed by atoms with van der Waals surface area (Å²) in [5.74, 6) is -0.779. The Labute approximate surface area is 149 Å². The van der Waals surface area contributed by atoms with Gasteiger partial charge in [-0.1, -0.05) is 30.3 Å². The number of carbonyl (C=O) groups excluding carboxylic acids is 2. The highest BCUT2D eigenvalue weighted by molar-refractivity contribution is 6.17. The van der Waals surface area contributed by atoms with Crippen LogP contribution < -0.4 is 10.4 Å². The second-order valence-electron chi connectivity index (χ2n) is 5.40. The van der Waals surface area contributed by atoms with Crippen molar-refractivity contribution in [3.63, 3.8) is 0 Å². The van der Waals surface area contributed by atoms with E-state index in [0.29, 0.717) is 10.9 Å². The van der Waals surface area contributed by atoms with Crippen molar-refractivity contribution in [3.05, 3.63) is 76.1 Å². The van der Waals surface area contributed by atoms with Crippen LogP contribution in [0.15, 0.2) is 63.8 Å². The number of benzene rings is 2. The maximum absolute atomic E-state index is 13.0. The number of carbonyl (C=O) groups is 2. The van der Waals surface area contributed by atoms with Gasteiger partial charge in [-0.25, -0.2) is 9.59 Å². The first-order chi connectivity index (χ1) is 12.6. The highest BCUT2D eigenvalue weighted by Gasteiger charge is 2.21. The lowest BCUT2D eigenvalue weighted by Gasteiger charge is -2.12. The Morgan fingerprint density at radius 3 is 2.46 bits per heavy atom. The fraction of sp³-hybridized carbons (Fsp3) is 0.150. The number of rotatable bonds is 6. The molecule has 132 valence electrons. The van der Waals surface area contributed by atoms with Crippen LogP contribution in [0.25, 0.3) is 11.0 Å². The van der Waals surface area contributed by atoms with Crippen LogP contribution in [0, 0.1) is 0 Å². The molecule has 2 aromatic carbocycles. The van der Waals surface area contributed by atoms with E-state index in [9.17, 15) is 14.4 Å². The largest absolute Gasteiger partial charge is 0.481 e. The van der Waals surface area contributed by atoms with Crippen LogP contribution in [0.5, 0.6) is 5.75 Å². The Balaban J connectivity index is 2.10. The molecule has 0 amide bonds. The zero-order chi connectivity index (χ0) is 18.5. The summed E-state index contributed by atoms with van der Waals surface area (Å²) in [6.45, 7) is 1.56. The van der Waals surface area contributed by atoms with Gasteiger partial charge in [0.25, 0.3) is 0 Å². The summed E-state index contributed by atoms with van der Waals surface area (Å²) in [6, 6.07) is 14.6. The smallest absolute Gasteiger partial charge is 0.344 e. The molecule has 0 spiro atoms. The maximum atomic E-state index is 13.0. The lowest BCUT2D eigenvalue weighted by Crippen LogP contribution is -2.16. The van der Waals surface area contributed by atoms with Gasteiger partial charge in [-0.15, -0.1) is 0 Å². The number of fused-ring (bicyclic) bond motifs is 1. The number of ether oxygens (including phenoxy) is 2. The molecule has 0 fully saturated rings. The Morgan fingerprint density at radius 2 is 1.73 bits per heavy atom. The Morgan fingerprint density at radius 1 is 1.00 bits per heavy atom. The van der Waals surface area contributed by atoms with E-state index in [1.54, 1.807) is 55.5 Å². The minimum atomic E-state index is -0.581. The zero-order valence-electron chi connectivity index (χ0n) is 14.1. The van der Waals surface area contributed by atoms with E-state index < -0.39 is 11.6 Å². The molecular weight excluding hydrogens is 336 g/mol. The SMILES string of the molecule is CCOC(=O)COc1ccc2ccc(=O)oc2c1C(=O)c1ccccc1. The summed E-state index contributed by atoms with van der Waals surface area (Å²) in [5.41, 5.74) is 0.0399. The fourth-order valence-corrected chi connectivity index (χ4v) is 2.52. The second-order valence-corrected chi connectivity index (χ2v) is 5.40. The molecule has 0 atom stereocenters. The summed E-state index contributed by atoms with van der Waals surface area (Å²) < 4.78 is 15.6. The number of esters is 1. The molecule has 0 N–H and O–H groups in total. The molecule has 6 heteroatoms. The third-order valence-corrected chi connectivity index (χ3v) is 3.67. The minimum absolute atomic E-state index is 0.0932. The van der Waals surface area contributed by atoms with Crippen molar-refractivity contribution in [2.24, 2.45) is 0 Å². The summed E-state index contributed by atoms with van der Waals surface area (Å²) in [6.07, 6.45) is 0. The molecule has 0 aliphatic rings. The van der Waals surface area contributed by atoms with Crippen molar-refractivity contribution < 1.29 is 23.5 Å². The van der Waals surface area contributed by atoms with Crippen LogP contribution in [-0.2, 0) is 9.53 Å². The third-order valence-electron chi connectivity index (χ3n) is 3.67. The van der Waals surface area contributed by atoms with Crippen LogP contribution >= 0.6 is 0 Å². The van der Waals surface area contributed by atoms with Crippen molar-refractivity contribution in [3.8, 4) is 5.75 Å². The highest BCUT2D eigenvalue weighted by Crippen LogP contribution is 2.29. The van der Waals surface area contributed by atoms with E-state index >= 15 is 0 Å². The van der Waals surface area contributed by atoms with Gasteiger partial charge in [0.05, 0.1) is 6.61 Å². The average molecular weight is 352 g/mol. The van der Waals surface area contributed by atoms with Crippen LogP contribution in [0.3, 0.4) is 0 Å². The van der Waals surface area contributed by atoms with Gasteiger partial charge in [0, 0.05) is 17.0 Å². The van der Waals surface area contributed by atoms with Crippen LogP contribution in [0.1, 0.15) is 22.8 Å². The third kappa shape index (κ3) is 3.64. The molecule has 3 aromatic rings. The summed E-state index contributed by atoms with van der Waals surface area (Å²) in [7, 11) is 0. The van der Waals surface area contributed by atoms with Gasteiger partial charge in [0.1, 0.15) is 11.3 Å². The number of ketones is 1. The first-order valence-corrected chi connectivity index (χ1v) is 8.05.